The number of hydrogen-bond donors (Lipinski definition) is 1. The summed E-state index contributed by atoms with van der Waals surface area (Å²) in [6.07, 6.45) is 1.92. The summed E-state index contributed by atoms with van der Waals surface area (Å²) in [5.41, 5.74) is 6.36. The van der Waals surface area contributed by atoms with Crippen molar-refractivity contribution < 1.29 is 14.3 Å². The summed E-state index contributed by atoms with van der Waals surface area (Å²) in [6, 6.07) is 30.2. The first-order valence-electron chi connectivity index (χ1n) is 11.9. The SMILES string of the molecule is Cc1ccc2c(c1)O[C@@H](C(=O)c1ccccc1)[C@H](c1c(-c3ccccc3)c(C=O)n3ccccc13)N2. The second-order valence-corrected chi connectivity index (χ2v) is 9.00. The van der Waals surface area contributed by atoms with Gasteiger partial charge in [-0.2, -0.15) is 0 Å². The maximum atomic E-state index is 13.9. The summed E-state index contributed by atoms with van der Waals surface area (Å²) in [6.45, 7) is 2.00. The number of rotatable bonds is 5. The number of hydrogen-bond acceptors (Lipinski definition) is 4. The van der Waals surface area contributed by atoms with Gasteiger partial charge in [0, 0.05) is 22.9 Å². The summed E-state index contributed by atoms with van der Waals surface area (Å²) in [5.74, 6) is 0.517. The zero-order chi connectivity index (χ0) is 24.6. The van der Waals surface area contributed by atoms with Crippen molar-refractivity contribution in [2.24, 2.45) is 0 Å². The van der Waals surface area contributed by atoms with Crippen molar-refractivity contribution in [3.8, 4) is 16.9 Å². The average molecular weight is 473 g/mol. The van der Waals surface area contributed by atoms with Gasteiger partial charge in [-0.1, -0.05) is 72.8 Å². The molecule has 2 aromatic heterocycles. The molecule has 0 saturated carbocycles. The van der Waals surface area contributed by atoms with Crippen LogP contribution in [-0.4, -0.2) is 22.6 Å². The second kappa shape index (κ2) is 8.86. The minimum Gasteiger partial charge on any atom is -0.478 e. The average Bonchev–Trinajstić information content (AvgIpc) is 3.27. The highest BCUT2D eigenvalue weighted by molar-refractivity contribution is 6.02. The number of benzene rings is 3. The van der Waals surface area contributed by atoms with Crippen LogP contribution in [0, 0.1) is 6.92 Å². The number of carbonyl (C=O) groups excluding carboxylic acids is 2. The number of ketones is 1. The lowest BCUT2D eigenvalue weighted by molar-refractivity contribution is 0.0746. The number of aldehydes is 1. The van der Waals surface area contributed by atoms with Crippen molar-refractivity contribution in [1.82, 2.24) is 4.40 Å². The van der Waals surface area contributed by atoms with Gasteiger partial charge in [-0.15, -0.1) is 0 Å². The molecule has 0 unspecified atom stereocenters. The van der Waals surface area contributed by atoms with E-state index in [1.165, 1.54) is 0 Å². The van der Waals surface area contributed by atoms with Crippen LogP contribution in [0.3, 0.4) is 0 Å². The Morgan fingerprint density at radius 3 is 2.39 bits per heavy atom. The molecular formula is C31H24N2O3. The summed E-state index contributed by atoms with van der Waals surface area (Å²) >= 11 is 0. The Morgan fingerprint density at radius 1 is 0.917 bits per heavy atom. The number of carbonyl (C=O) groups is 2. The first-order valence-corrected chi connectivity index (χ1v) is 11.9. The summed E-state index contributed by atoms with van der Waals surface area (Å²) in [5, 5.41) is 3.61. The number of aromatic nitrogens is 1. The predicted molar refractivity (Wildman–Crippen MR) is 141 cm³/mol. The zero-order valence-corrected chi connectivity index (χ0v) is 19.7. The molecule has 0 spiro atoms. The third-order valence-electron chi connectivity index (χ3n) is 6.73. The molecule has 5 aromatic rings. The van der Waals surface area contributed by atoms with Crippen LogP contribution in [-0.2, 0) is 0 Å². The minimum atomic E-state index is -0.838. The van der Waals surface area contributed by atoms with Crippen molar-refractivity contribution in [3.63, 3.8) is 0 Å². The van der Waals surface area contributed by atoms with Crippen LogP contribution in [0.4, 0.5) is 5.69 Å². The number of aryl methyl sites for hydroxylation is 1. The number of Topliss-reactive ketones (excluding diaryl/α,β-unsaturated/α-hetero) is 1. The fourth-order valence-electron chi connectivity index (χ4n) is 5.09. The molecule has 5 nitrogen and oxygen atoms in total. The van der Waals surface area contributed by atoms with Crippen molar-refractivity contribution in [3.05, 3.63) is 126 Å². The Bertz CT molecular complexity index is 1590. The molecule has 176 valence electrons. The van der Waals surface area contributed by atoms with E-state index in [-0.39, 0.29) is 5.78 Å². The molecule has 5 heteroatoms. The van der Waals surface area contributed by atoms with Gasteiger partial charge in [0.05, 0.1) is 22.9 Å². The normalized spacial score (nSPS) is 16.6. The molecule has 0 aliphatic carbocycles. The van der Waals surface area contributed by atoms with E-state index >= 15 is 0 Å². The molecule has 1 N–H and O–H groups in total. The number of fused-ring (bicyclic) bond motifs is 2. The van der Waals surface area contributed by atoms with Gasteiger partial charge >= 0.3 is 0 Å². The van der Waals surface area contributed by atoms with Gasteiger partial charge in [-0.3, -0.25) is 9.59 Å². The molecule has 0 radical (unpaired) electrons. The molecular weight excluding hydrogens is 448 g/mol. The summed E-state index contributed by atoms with van der Waals surface area (Å²) < 4.78 is 8.36. The van der Waals surface area contributed by atoms with Gasteiger partial charge in [0.1, 0.15) is 5.75 Å². The molecule has 0 amide bonds. The van der Waals surface area contributed by atoms with E-state index in [0.717, 1.165) is 39.7 Å². The van der Waals surface area contributed by atoms with E-state index in [1.807, 2.05) is 102 Å². The standard InChI is InChI=1S/C31H24N2O3/c1-20-15-16-23-26(18-20)36-31(30(35)22-12-6-3-7-13-22)29(32-23)28-24-14-8-9-17-33(24)25(19-34)27(28)21-10-4-2-5-11-21/h2-19,29,31-32H,1H3/t29-,31+/m0/s1. The maximum absolute atomic E-state index is 13.9. The molecule has 1 aliphatic rings. The van der Waals surface area contributed by atoms with E-state index in [0.29, 0.717) is 17.0 Å². The molecule has 6 rings (SSSR count). The van der Waals surface area contributed by atoms with Crippen LogP contribution in [0.2, 0.25) is 0 Å². The zero-order valence-electron chi connectivity index (χ0n) is 19.7. The van der Waals surface area contributed by atoms with Crippen LogP contribution in [0.1, 0.15) is 38.0 Å². The first kappa shape index (κ1) is 21.9. The first-order chi connectivity index (χ1) is 17.7. The number of nitrogens with zero attached hydrogens (tertiary/aromatic N) is 1. The molecule has 3 heterocycles. The van der Waals surface area contributed by atoms with E-state index in [2.05, 4.69) is 5.32 Å². The predicted octanol–water partition coefficient (Wildman–Crippen LogP) is 6.52. The molecule has 0 fully saturated rings. The van der Waals surface area contributed by atoms with Gasteiger partial charge in [0.15, 0.2) is 12.4 Å². The van der Waals surface area contributed by atoms with Crippen LogP contribution in [0.25, 0.3) is 16.6 Å². The Labute approximate surface area is 209 Å². The van der Waals surface area contributed by atoms with Crippen molar-refractivity contribution >= 4 is 23.3 Å². The van der Waals surface area contributed by atoms with Crippen LogP contribution in [0.15, 0.2) is 103 Å². The van der Waals surface area contributed by atoms with Gasteiger partial charge in [-0.25, -0.2) is 0 Å². The van der Waals surface area contributed by atoms with Gasteiger partial charge in [0.25, 0.3) is 0 Å². The fourth-order valence-corrected chi connectivity index (χ4v) is 5.09. The summed E-state index contributed by atoms with van der Waals surface area (Å²) in [4.78, 5) is 26.3. The maximum Gasteiger partial charge on any atom is 0.205 e. The molecule has 36 heavy (non-hydrogen) atoms. The number of ether oxygens (including phenoxy) is 1. The largest absolute Gasteiger partial charge is 0.478 e. The van der Waals surface area contributed by atoms with Crippen molar-refractivity contribution in [1.29, 1.82) is 0 Å². The minimum absolute atomic E-state index is 0.123. The Hall–Kier alpha value is -4.64. The molecule has 2 atom stereocenters. The topological polar surface area (TPSA) is 59.8 Å². The lowest BCUT2D eigenvalue weighted by Crippen LogP contribution is -2.41. The number of anilines is 1. The van der Waals surface area contributed by atoms with Gasteiger partial charge < -0.3 is 14.5 Å². The smallest absolute Gasteiger partial charge is 0.205 e. The highest BCUT2D eigenvalue weighted by Gasteiger charge is 2.40. The third kappa shape index (κ3) is 3.57. The summed E-state index contributed by atoms with van der Waals surface area (Å²) in [7, 11) is 0. The van der Waals surface area contributed by atoms with E-state index in [1.54, 1.807) is 12.1 Å². The third-order valence-corrected chi connectivity index (χ3v) is 6.73. The van der Waals surface area contributed by atoms with Crippen LogP contribution in [0.5, 0.6) is 5.75 Å². The fraction of sp³-hybridized carbons (Fsp3) is 0.0968. The Balaban J connectivity index is 1.62. The molecule has 1 aliphatic heterocycles. The molecule has 3 aromatic carbocycles. The second-order valence-electron chi connectivity index (χ2n) is 9.00. The Morgan fingerprint density at radius 2 is 1.64 bits per heavy atom. The van der Waals surface area contributed by atoms with Crippen molar-refractivity contribution in [2.75, 3.05) is 5.32 Å². The van der Waals surface area contributed by atoms with E-state index in [9.17, 15) is 9.59 Å². The quantitative estimate of drug-likeness (QED) is 0.234. The van der Waals surface area contributed by atoms with E-state index in [4.69, 9.17) is 4.74 Å². The number of nitrogens with one attached hydrogen (secondary N) is 1. The highest BCUT2D eigenvalue weighted by atomic mass is 16.5. The molecule has 0 saturated heterocycles. The lowest BCUT2D eigenvalue weighted by Gasteiger charge is -2.35. The van der Waals surface area contributed by atoms with Crippen LogP contribution < -0.4 is 10.1 Å². The van der Waals surface area contributed by atoms with Crippen LogP contribution >= 0.6 is 0 Å². The monoisotopic (exact) mass is 472 g/mol. The molecule has 0 bridgehead atoms. The van der Waals surface area contributed by atoms with Gasteiger partial charge in [-0.05, 0) is 42.3 Å². The number of pyridine rings is 1. The van der Waals surface area contributed by atoms with Gasteiger partial charge in [0.2, 0.25) is 5.78 Å². The highest BCUT2D eigenvalue weighted by Crippen LogP contribution is 2.44. The van der Waals surface area contributed by atoms with E-state index < -0.39 is 12.1 Å². The lowest BCUT2D eigenvalue weighted by atomic mass is 9.88. The van der Waals surface area contributed by atoms with Crippen molar-refractivity contribution in [2.45, 2.75) is 19.1 Å². The Kier molecular flexibility index (Phi) is 5.38.